The number of rotatable bonds is 2. The first kappa shape index (κ1) is 11.1. The number of benzene rings is 1. The molecule has 0 spiro atoms. The molecule has 0 bridgehead atoms. The third kappa shape index (κ3) is 2.39. The fourth-order valence-electron chi connectivity index (χ4n) is 1.37. The van der Waals surface area contributed by atoms with Crippen molar-refractivity contribution in [2.75, 3.05) is 0 Å². The van der Waals surface area contributed by atoms with Gasteiger partial charge in [-0.25, -0.2) is 4.99 Å². The predicted octanol–water partition coefficient (Wildman–Crippen LogP) is 1.30. The standard InChI is InChI=1S/C12H11N3O2/c1-7(13)11-14-10(12(17)15-11)6-8-2-4-9(16)5-3-8/h2-6,13,16H,1H3,(H,14,15,17)/b10-6+,13-7?. The zero-order valence-electron chi connectivity index (χ0n) is 9.19. The summed E-state index contributed by atoms with van der Waals surface area (Å²) in [6.45, 7) is 1.56. The highest BCUT2D eigenvalue weighted by Crippen LogP contribution is 2.15. The number of amides is 1. The highest BCUT2D eigenvalue weighted by atomic mass is 16.3. The van der Waals surface area contributed by atoms with Gasteiger partial charge in [-0.2, -0.15) is 0 Å². The number of phenolic OH excluding ortho intramolecular Hbond substituents is 1. The Labute approximate surface area is 98.0 Å². The van der Waals surface area contributed by atoms with Crippen molar-refractivity contribution < 1.29 is 9.90 Å². The Hall–Kier alpha value is -2.43. The molecule has 1 aromatic carbocycles. The van der Waals surface area contributed by atoms with Crippen molar-refractivity contribution in [2.24, 2.45) is 4.99 Å². The molecule has 1 heterocycles. The molecule has 86 valence electrons. The van der Waals surface area contributed by atoms with Crippen LogP contribution in [0.4, 0.5) is 0 Å². The van der Waals surface area contributed by atoms with Gasteiger partial charge in [-0.05, 0) is 30.7 Å². The average Bonchev–Trinajstić information content (AvgIpc) is 2.64. The number of aromatic hydroxyl groups is 1. The summed E-state index contributed by atoms with van der Waals surface area (Å²) >= 11 is 0. The van der Waals surface area contributed by atoms with Gasteiger partial charge in [0.1, 0.15) is 11.4 Å². The maximum Gasteiger partial charge on any atom is 0.275 e. The second kappa shape index (κ2) is 4.21. The number of hydrogen-bond acceptors (Lipinski definition) is 4. The first-order valence-electron chi connectivity index (χ1n) is 5.02. The Morgan fingerprint density at radius 1 is 1.41 bits per heavy atom. The van der Waals surface area contributed by atoms with Gasteiger partial charge in [0.15, 0.2) is 5.84 Å². The number of aliphatic imine (C=N–C) groups is 1. The predicted molar refractivity (Wildman–Crippen MR) is 65.1 cm³/mol. The Balaban J connectivity index is 2.31. The van der Waals surface area contributed by atoms with E-state index in [0.29, 0.717) is 0 Å². The summed E-state index contributed by atoms with van der Waals surface area (Å²) in [5.41, 5.74) is 1.24. The monoisotopic (exact) mass is 229 g/mol. The first-order chi connectivity index (χ1) is 8.06. The maximum atomic E-state index is 11.5. The number of phenols is 1. The zero-order valence-corrected chi connectivity index (χ0v) is 9.19. The molecule has 0 saturated carbocycles. The zero-order chi connectivity index (χ0) is 12.4. The number of nitrogens with zero attached hydrogens (tertiary/aromatic N) is 1. The van der Waals surface area contributed by atoms with Gasteiger partial charge >= 0.3 is 0 Å². The molecule has 17 heavy (non-hydrogen) atoms. The SMILES string of the molecule is CC(=N)C1=N/C(=C/c2ccc(O)cc2)C(=O)N1. The number of nitrogens with one attached hydrogen (secondary N) is 2. The van der Waals surface area contributed by atoms with Crippen molar-refractivity contribution in [3.63, 3.8) is 0 Å². The maximum absolute atomic E-state index is 11.5. The minimum absolute atomic E-state index is 0.169. The molecule has 0 aromatic heterocycles. The molecule has 0 unspecified atom stereocenters. The fraction of sp³-hybridized carbons (Fsp3) is 0.0833. The van der Waals surface area contributed by atoms with Crippen molar-refractivity contribution in [2.45, 2.75) is 6.92 Å². The normalized spacial score (nSPS) is 16.9. The van der Waals surface area contributed by atoms with Crippen molar-refractivity contribution >= 4 is 23.5 Å². The lowest BCUT2D eigenvalue weighted by Gasteiger charge is -1.95. The molecule has 5 nitrogen and oxygen atoms in total. The number of amidine groups is 1. The van der Waals surface area contributed by atoms with Crippen LogP contribution in [-0.2, 0) is 4.79 Å². The van der Waals surface area contributed by atoms with Crippen LogP contribution in [0.25, 0.3) is 6.08 Å². The number of hydrogen-bond donors (Lipinski definition) is 3. The van der Waals surface area contributed by atoms with E-state index in [9.17, 15) is 4.79 Å². The van der Waals surface area contributed by atoms with Crippen LogP contribution < -0.4 is 5.32 Å². The molecule has 0 saturated heterocycles. The van der Waals surface area contributed by atoms with Gasteiger partial charge in [-0.15, -0.1) is 0 Å². The summed E-state index contributed by atoms with van der Waals surface area (Å²) in [7, 11) is 0. The van der Waals surface area contributed by atoms with E-state index in [-0.39, 0.29) is 28.9 Å². The van der Waals surface area contributed by atoms with Gasteiger partial charge in [-0.3, -0.25) is 4.79 Å². The molecule has 1 amide bonds. The molecular weight excluding hydrogens is 218 g/mol. The Bertz CT molecular complexity index is 541. The Morgan fingerprint density at radius 3 is 2.59 bits per heavy atom. The van der Waals surface area contributed by atoms with E-state index >= 15 is 0 Å². The summed E-state index contributed by atoms with van der Waals surface area (Å²) in [4.78, 5) is 15.5. The molecule has 1 aliphatic rings. The summed E-state index contributed by atoms with van der Waals surface area (Å²) in [5.74, 6) is 0.127. The first-order valence-corrected chi connectivity index (χ1v) is 5.02. The van der Waals surface area contributed by atoms with Crippen LogP contribution in [0.2, 0.25) is 0 Å². The van der Waals surface area contributed by atoms with Crippen LogP contribution in [0.15, 0.2) is 35.0 Å². The molecule has 5 heteroatoms. The smallest absolute Gasteiger partial charge is 0.275 e. The van der Waals surface area contributed by atoms with Gasteiger partial charge in [0.25, 0.3) is 5.91 Å². The molecule has 1 aliphatic heterocycles. The van der Waals surface area contributed by atoms with Gasteiger partial charge < -0.3 is 15.8 Å². The second-order valence-electron chi connectivity index (χ2n) is 3.66. The van der Waals surface area contributed by atoms with Gasteiger partial charge in [0.2, 0.25) is 0 Å². The minimum atomic E-state index is -0.320. The summed E-state index contributed by atoms with van der Waals surface area (Å²) in [5, 5.41) is 19.0. The molecule has 3 N–H and O–H groups in total. The number of carbonyl (C=O) groups is 1. The van der Waals surface area contributed by atoms with Crippen LogP contribution in [-0.4, -0.2) is 22.6 Å². The highest BCUT2D eigenvalue weighted by molar-refractivity contribution is 6.45. The lowest BCUT2D eigenvalue weighted by atomic mass is 10.2. The largest absolute Gasteiger partial charge is 0.508 e. The van der Waals surface area contributed by atoms with Gasteiger partial charge in [0, 0.05) is 0 Å². The van der Waals surface area contributed by atoms with Gasteiger partial charge in [-0.1, -0.05) is 12.1 Å². The molecule has 0 fully saturated rings. The van der Waals surface area contributed by atoms with Crippen LogP contribution in [0.3, 0.4) is 0 Å². The summed E-state index contributed by atoms with van der Waals surface area (Å²) in [6, 6.07) is 6.43. The topological polar surface area (TPSA) is 85.5 Å². The van der Waals surface area contributed by atoms with Crippen molar-refractivity contribution in [1.82, 2.24) is 5.32 Å². The molecule has 0 aliphatic carbocycles. The van der Waals surface area contributed by atoms with Crippen molar-refractivity contribution in [1.29, 1.82) is 5.41 Å². The van der Waals surface area contributed by atoms with E-state index in [4.69, 9.17) is 10.5 Å². The van der Waals surface area contributed by atoms with Crippen molar-refractivity contribution in [3.05, 3.63) is 35.5 Å². The average molecular weight is 229 g/mol. The third-order valence-corrected chi connectivity index (χ3v) is 2.25. The highest BCUT2D eigenvalue weighted by Gasteiger charge is 2.20. The molecule has 0 atom stereocenters. The fourth-order valence-corrected chi connectivity index (χ4v) is 1.37. The Kier molecular flexibility index (Phi) is 2.74. The Morgan fingerprint density at radius 2 is 2.06 bits per heavy atom. The lowest BCUT2D eigenvalue weighted by Crippen LogP contribution is -2.28. The molecule has 0 radical (unpaired) electrons. The second-order valence-corrected chi connectivity index (χ2v) is 3.66. The lowest BCUT2D eigenvalue weighted by molar-refractivity contribution is -0.115. The van der Waals surface area contributed by atoms with E-state index < -0.39 is 0 Å². The van der Waals surface area contributed by atoms with Crippen molar-refractivity contribution in [3.8, 4) is 5.75 Å². The molecule has 1 aromatic rings. The molecular formula is C12H11N3O2. The van der Waals surface area contributed by atoms with Crippen LogP contribution in [0.1, 0.15) is 12.5 Å². The van der Waals surface area contributed by atoms with Crippen LogP contribution >= 0.6 is 0 Å². The molecule has 2 rings (SSSR count). The number of carbonyl (C=O) groups excluding carboxylic acids is 1. The van der Waals surface area contributed by atoms with E-state index in [1.165, 1.54) is 12.1 Å². The van der Waals surface area contributed by atoms with Crippen LogP contribution in [0.5, 0.6) is 5.75 Å². The van der Waals surface area contributed by atoms with Crippen LogP contribution in [0, 0.1) is 5.41 Å². The summed E-state index contributed by atoms with van der Waals surface area (Å²) in [6.07, 6.45) is 1.60. The third-order valence-electron chi connectivity index (χ3n) is 2.25. The van der Waals surface area contributed by atoms with E-state index in [1.807, 2.05) is 0 Å². The quantitative estimate of drug-likeness (QED) is 0.527. The van der Waals surface area contributed by atoms with E-state index in [2.05, 4.69) is 10.3 Å². The summed E-state index contributed by atoms with van der Waals surface area (Å²) < 4.78 is 0. The minimum Gasteiger partial charge on any atom is -0.508 e. The van der Waals surface area contributed by atoms with E-state index in [1.54, 1.807) is 25.1 Å². The van der Waals surface area contributed by atoms with E-state index in [0.717, 1.165) is 5.56 Å². The van der Waals surface area contributed by atoms with Gasteiger partial charge in [0.05, 0.1) is 5.71 Å².